The van der Waals surface area contributed by atoms with Gasteiger partial charge in [-0.3, -0.25) is 0 Å². The molecular weight excluding hydrogens is 425 g/mol. The third kappa shape index (κ3) is 5.71. The maximum atomic E-state index is 6.01. The first kappa shape index (κ1) is 19.7. The zero-order valence-electron chi connectivity index (χ0n) is 14.6. The zero-order chi connectivity index (χ0) is 16.8. The first-order chi connectivity index (χ1) is 11.7. The summed E-state index contributed by atoms with van der Waals surface area (Å²) in [6.07, 6.45) is 3.61. The number of aryl methyl sites for hydroxylation is 2. The van der Waals surface area contributed by atoms with E-state index < -0.39 is 0 Å². The molecule has 1 aliphatic rings. The molecule has 1 aliphatic carbocycles. The van der Waals surface area contributed by atoms with Gasteiger partial charge in [0.1, 0.15) is 0 Å². The van der Waals surface area contributed by atoms with Gasteiger partial charge in [-0.25, -0.2) is 4.99 Å². The topological polar surface area (TPSA) is 59.6 Å². The zero-order valence-corrected chi connectivity index (χ0v) is 17.0. The van der Waals surface area contributed by atoms with E-state index in [2.05, 4.69) is 52.8 Å². The van der Waals surface area contributed by atoms with Gasteiger partial charge in [-0.05, 0) is 60.6 Å². The van der Waals surface area contributed by atoms with E-state index in [1.807, 2.05) is 6.92 Å². The second-order valence-electron chi connectivity index (χ2n) is 6.12. The van der Waals surface area contributed by atoms with Gasteiger partial charge in [0.2, 0.25) is 0 Å². The Hall–Kier alpha value is -1.60. The van der Waals surface area contributed by atoms with Crippen LogP contribution >= 0.6 is 24.0 Å². The molecule has 0 unspecified atom stereocenters. The standard InChI is InChI=1S/C20H25N3O.HI/c1-2-24-14-16-8-6-15(7-9-16)13-22-20(21)23-19-11-10-17-4-3-5-18(17)12-19;/h6-12H,2-5,13-14H2,1H3,(H3,21,22,23);1H. The number of rotatable bonds is 6. The number of ether oxygens (including phenoxy) is 1. The van der Waals surface area contributed by atoms with Crippen molar-refractivity contribution in [2.45, 2.75) is 39.3 Å². The lowest BCUT2D eigenvalue weighted by atomic mass is 10.1. The van der Waals surface area contributed by atoms with Gasteiger partial charge in [0.25, 0.3) is 0 Å². The van der Waals surface area contributed by atoms with Crippen LogP contribution < -0.4 is 11.1 Å². The van der Waals surface area contributed by atoms with E-state index in [-0.39, 0.29) is 24.0 Å². The van der Waals surface area contributed by atoms with Crippen LogP contribution in [-0.2, 0) is 30.7 Å². The second-order valence-corrected chi connectivity index (χ2v) is 6.12. The lowest BCUT2D eigenvalue weighted by Gasteiger charge is -2.08. The molecule has 0 aliphatic heterocycles. The number of guanidine groups is 1. The fourth-order valence-electron chi connectivity index (χ4n) is 2.97. The van der Waals surface area contributed by atoms with Crippen molar-refractivity contribution in [3.05, 3.63) is 64.7 Å². The summed E-state index contributed by atoms with van der Waals surface area (Å²) in [5.74, 6) is 0.450. The minimum Gasteiger partial charge on any atom is -0.377 e. The molecule has 0 spiro atoms. The van der Waals surface area contributed by atoms with Gasteiger partial charge >= 0.3 is 0 Å². The molecule has 3 N–H and O–H groups in total. The molecule has 0 bridgehead atoms. The van der Waals surface area contributed by atoms with Crippen molar-refractivity contribution in [2.24, 2.45) is 10.7 Å². The Bertz CT molecular complexity index is 713. The van der Waals surface area contributed by atoms with Gasteiger partial charge in [0.15, 0.2) is 5.96 Å². The van der Waals surface area contributed by atoms with E-state index in [0.29, 0.717) is 19.1 Å². The van der Waals surface area contributed by atoms with Crippen LogP contribution in [0.1, 0.15) is 35.6 Å². The molecule has 0 fully saturated rings. The van der Waals surface area contributed by atoms with Crippen molar-refractivity contribution in [1.82, 2.24) is 0 Å². The van der Waals surface area contributed by atoms with Crippen molar-refractivity contribution in [2.75, 3.05) is 11.9 Å². The number of nitrogens with zero attached hydrogens (tertiary/aromatic N) is 1. The van der Waals surface area contributed by atoms with E-state index in [9.17, 15) is 0 Å². The van der Waals surface area contributed by atoms with Crippen LogP contribution in [0, 0.1) is 0 Å². The number of nitrogens with one attached hydrogen (secondary N) is 1. The molecule has 0 radical (unpaired) electrons. The quantitative estimate of drug-likeness (QED) is 0.392. The highest BCUT2D eigenvalue weighted by Crippen LogP contribution is 2.24. The molecule has 3 rings (SSSR count). The van der Waals surface area contributed by atoms with Crippen molar-refractivity contribution < 1.29 is 4.74 Å². The highest BCUT2D eigenvalue weighted by atomic mass is 127. The molecule has 0 saturated carbocycles. The van der Waals surface area contributed by atoms with E-state index >= 15 is 0 Å². The summed E-state index contributed by atoms with van der Waals surface area (Å²) in [4.78, 5) is 4.43. The Morgan fingerprint density at radius 1 is 1.08 bits per heavy atom. The number of nitrogens with two attached hydrogens (primary N) is 1. The summed E-state index contributed by atoms with van der Waals surface area (Å²) in [7, 11) is 0. The molecule has 0 aromatic heterocycles. The fourth-order valence-corrected chi connectivity index (χ4v) is 2.97. The average molecular weight is 451 g/mol. The molecule has 5 heteroatoms. The summed E-state index contributed by atoms with van der Waals surface area (Å²) in [5.41, 5.74) is 12.2. The van der Waals surface area contributed by atoms with Crippen molar-refractivity contribution in [3.8, 4) is 0 Å². The van der Waals surface area contributed by atoms with E-state index in [4.69, 9.17) is 10.5 Å². The molecule has 0 saturated heterocycles. The summed E-state index contributed by atoms with van der Waals surface area (Å²) in [6, 6.07) is 14.7. The van der Waals surface area contributed by atoms with E-state index in [1.54, 1.807) is 0 Å². The minimum atomic E-state index is 0. The number of benzene rings is 2. The van der Waals surface area contributed by atoms with Gasteiger partial charge < -0.3 is 15.8 Å². The number of halogens is 1. The number of hydrogen-bond acceptors (Lipinski definition) is 2. The van der Waals surface area contributed by atoms with Gasteiger partial charge in [0.05, 0.1) is 13.2 Å². The number of hydrogen-bond donors (Lipinski definition) is 2. The lowest BCUT2D eigenvalue weighted by molar-refractivity contribution is 0.134. The Morgan fingerprint density at radius 3 is 2.56 bits per heavy atom. The van der Waals surface area contributed by atoms with Crippen LogP contribution in [0.4, 0.5) is 5.69 Å². The first-order valence-corrected chi connectivity index (χ1v) is 8.59. The SMILES string of the molecule is CCOCc1ccc(CN=C(N)Nc2ccc3c(c2)CCC3)cc1.I. The fraction of sp³-hybridized carbons (Fsp3) is 0.350. The molecule has 0 amide bonds. The monoisotopic (exact) mass is 451 g/mol. The van der Waals surface area contributed by atoms with Crippen LogP contribution in [0.2, 0.25) is 0 Å². The summed E-state index contributed by atoms with van der Waals surface area (Å²) in [6.45, 7) is 3.96. The predicted octanol–water partition coefficient (Wildman–Crippen LogP) is 4.26. The normalized spacial score (nSPS) is 13.2. The highest BCUT2D eigenvalue weighted by molar-refractivity contribution is 14.0. The van der Waals surface area contributed by atoms with Gasteiger partial charge in [0, 0.05) is 12.3 Å². The van der Waals surface area contributed by atoms with Crippen LogP contribution in [0.5, 0.6) is 0 Å². The maximum Gasteiger partial charge on any atom is 0.193 e. The molecule has 4 nitrogen and oxygen atoms in total. The molecule has 25 heavy (non-hydrogen) atoms. The van der Waals surface area contributed by atoms with Crippen molar-refractivity contribution in [3.63, 3.8) is 0 Å². The third-order valence-corrected chi connectivity index (χ3v) is 4.30. The molecule has 134 valence electrons. The first-order valence-electron chi connectivity index (χ1n) is 8.59. The Labute approximate surface area is 166 Å². The number of anilines is 1. The largest absolute Gasteiger partial charge is 0.377 e. The van der Waals surface area contributed by atoms with Gasteiger partial charge in [-0.1, -0.05) is 30.3 Å². The molecule has 2 aromatic carbocycles. The van der Waals surface area contributed by atoms with Gasteiger partial charge in [-0.2, -0.15) is 0 Å². The lowest BCUT2D eigenvalue weighted by Crippen LogP contribution is -2.22. The number of aliphatic imine (C=N–C) groups is 1. The smallest absolute Gasteiger partial charge is 0.193 e. The highest BCUT2D eigenvalue weighted by Gasteiger charge is 2.10. The van der Waals surface area contributed by atoms with Crippen LogP contribution in [0.15, 0.2) is 47.5 Å². The van der Waals surface area contributed by atoms with E-state index in [0.717, 1.165) is 24.3 Å². The van der Waals surface area contributed by atoms with Gasteiger partial charge in [-0.15, -0.1) is 24.0 Å². The van der Waals surface area contributed by atoms with Crippen molar-refractivity contribution in [1.29, 1.82) is 0 Å². The molecular formula is C20H26IN3O. The van der Waals surface area contributed by atoms with Crippen LogP contribution in [0.3, 0.4) is 0 Å². The predicted molar refractivity (Wildman–Crippen MR) is 115 cm³/mol. The van der Waals surface area contributed by atoms with E-state index in [1.165, 1.54) is 29.5 Å². The Morgan fingerprint density at radius 2 is 1.80 bits per heavy atom. The minimum absolute atomic E-state index is 0. The maximum absolute atomic E-state index is 6.01. The van der Waals surface area contributed by atoms with Crippen molar-refractivity contribution >= 4 is 35.6 Å². The summed E-state index contributed by atoms with van der Waals surface area (Å²) >= 11 is 0. The van der Waals surface area contributed by atoms with Crippen LogP contribution in [-0.4, -0.2) is 12.6 Å². The molecule has 0 atom stereocenters. The Balaban J connectivity index is 0.00000225. The summed E-state index contributed by atoms with van der Waals surface area (Å²) in [5, 5.41) is 3.19. The Kier molecular flexibility index (Phi) is 7.71. The molecule has 0 heterocycles. The second kappa shape index (κ2) is 9.77. The molecule has 2 aromatic rings. The third-order valence-electron chi connectivity index (χ3n) is 4.30. The number of fused-ring (bicyclic) bond motifs is 1. The van der Waals surface area contributed by atoms with Crippen LogP contribution in [0.25, 0.3) is 0 Å². The summed E-state index contributed by atoms with van der Waals surface area (Å²) < 4.78 is 5.40. The average Bonchev–Trinajstić information content (AvgIpc) is 3.07.